The lowest BCUT2D eigenvalue weighted by atomic mass is 9.95. The van der Waals surface area contributed by atoms with Crippen LogP contribution in [0.4, 0.5) is 5.95 Å². The third kappa shape index (κ3) is 3.70. The second-order valence-electron chi connectivity index (χ2n) is 8.13. The highest BCUT2D eigenvalue weighted by molar-refractivity contribution is 5.79. The predicted octanol–water partition coefficient (Wildman–Crippen LogP) is 1.96. The Labute approximate surface area is 159 Å². The van der Waals surface area contributed by atoms with Gasteiger partial charge >= 0.3 is 0 Å². The molecule has 0 spiro atoms. The van der Waals surface area contributed by atoms with Crippen LogP contribution in [0.25, 0.3) is 11.0 Å². The van der Waals surface area contributed by atoms with Gasteiger partial charge < -0.3 is 9.80 Å². The van der Waals surface area contributed by atoms with E-state index in [1.165, 1.54) is 0 Å². The Morgan fingerprint density at radius 1 is 1.26 bits per heavy atom. The van der Waals surface area contributed by atoms with E-state index in [1.54, 1.807) is 10.9 Å². The second kappa shape index (κ2) is 7.32. The summed E-state index contributed by atoms with van der Waals surface area (Å²) in [6, 6.07) is 0. The summed E-state index contributed by atoms with van der Waals surface area (Å²) in [7, 11) is 0. The minimum atomic E-state index is -0.261. The first-order chi connectivity index (χ1) is 12.8. The molecule has 0 bridgehead atoms. The minimum absolute atomic E-state index is 0.0525. The molecule has 0 aromatic carbocycles. The van der Waals surface area contributed by atoms with Crippen molar-refractivity contribution in [2.45, 2.75) is 53.0 Å². The quantitative estimate of drug-likeness (QED) is 0.884. The van der Waals surface area contributed by atoms with E-state index < -0.39 is 0 Å². The predicted molar refractivity (Wildman–Crippen MR) is 106 cm³/mol. The molecule has 1 N–H and O–H groups in total. The van der Waals surface area contributed by atoms with E-state index in [1.807, 2.05) is 39.5 Å². The Bertz CT molecular complexity index is 866. The zero-order valence-corrected chi connectivity index (χ0v) is 16.9. The maximum atomic E-state index is 12.6. The van der Waals surface area contributed by atoms with Gasteiger partial charge in [0.2, 0.25) is 11.9 Å². The van der Waals surface area contributed by atoms with Gasteiger partial charge in [0.15, 0.2) is 5.65 Å². The maximum Gasteiger partial charge on any atom is 0.263 e. The average molecular weight is 374 g/mol. The van der Waals surface area contributed by atoms with Gasteiger partial charge in [0.25, 0.3) is 5.56 Å². The summed E-state index contributed by atoms with van der Waals surface area (Å²) in [5.41, 5.74) is 0.164. The summed E-state index contributed by atoms with van der Waals surface area (Å²) in [5.74, 6) is 0.853. The SMILES string of the molecule is CCN(CC)C(=O)C1CCN(c2nc3c(cnn3C(C)(C)C)c(=O)[nH]2)CC1. The highest BCUT2D eigenvalue weighted by Gasteiger charge is 2.29. The van der Waals surface area contributed by atoms with Crippen molar-refractivity contribution in [3.8, 4) is 0 Å². The highest BCUT2D eigenvalue weighted by Crippen LogP contribution is 2.24. The van der Waals surface area contributed by atoms with Gasteiger partial charge in [-0.1, -0.05) is 0 Å². The van der Waals surface area contributed by atoms with Crippen LogP contribution < -0.4 is 10.5 Å². The van der Waals surface area contributed by atoms with E-state index in [4.69, 9.17) is 4.98 Å². The number of carbonyl (C=O) groups excluding carboxylic acids is 1. The van der Waals surface area contributed by atoms with Crippen LogP contribution in [-0.2, 0) is 10.3 Å². The Balaban J connectivity index is 1.81. The van der Waals surface area contributed by atoms with E-state index in [9.17, 15) is 9.59 Å². The number of rotatable bonds is 4. The molecule has 0 saturated carbocycles. The van der Waals surface area contributed by atoms with Gasteiger partial charge in [0.05, 0.1) is 11.7 Å². The maximum absolute atomic E-state index is 12.6. The lowest BCUT2D eigenvalue weighted by Crippen LogP contribution is -2.43. The van der Waals surface area contributed by atoms with Crippen LogP contribution in [0, 0.1) is 5.92 Å². The molecule has 0 radical (unpaired) electrons. The number of anilines is 1. The van der Waals surface area contributed by atoms with Crippen molar-refractivity contribution in [2.24, 2.45) is 5.92 Å². The van der Waals surface area contributed by atoms with Crippen LogP contribution >= 0.6 is 0 Å². The molecule has 0 atom stereocenters. The van der Waals surface area contributed by atoms with Crippen molar-refractivity contribution in [2.75, 3.05) is 31.1 Å². The molecule has 1 fully saturated rings. The number of hydrogen-bond acceptors (Lipinski definition) is 5. The van der Waals surface area contributed by atoms with Crippen molar-refractivity contribution in [1.82, 2.24) is 24.6 Å². The van der Waals surface area contributed by atoms with Gasteiger partial charge in [0.1, 0.15) is 5.39 Å². The number of nitrogens with one attached hydrogen (secondary N) is 1. The standard InChI is InChI=1S/C19H30N6O2/c1-6-23(7-2)17(27)13-8-10-24(11-9-13)18-21-15-14(16(26)22-18)12-20-25(15)19(3,4)5/h12-13H,6-11H2,1-5H3,(H,21,22,26). The third-order valence-electron chi connectivity index (χ3n) is 5.28. The Hall–Kier alpha value is -2.38. The van der Waals surface area contributed by atoms with Gasteiger partial charge in [-0.3, -0.25) is 14.6 Å². The van der Waals surface area contributed by atoms with E-state index in [-0.39, 0.29) is 22.9 Å². The van der Waals surface area contributed by atoms with Crippen molar-refractivity contribution in [1.29, 1.82) is 0 Å². The number of amides is 1. The molecule has 2 aromatic rings. The molecule has 1 saturated heterocycles. The molecule has 0 unspecified atom stereocenters. The lowest BCUT2D eigenvalue weighted by Gasteiger charge is -2.34. The summed E-state index contributed by atoms with van der Waals surface area (Å²) in [4.78, 5) is 36.6. The first-order valence-corrected chi connectivity index (χ1v) is 9.78. The number of aromatic nitrogens is 4. The van der Waals surface area contributed by atoms with Gasteiger partial charge in [-0.05, 0) is 47.5 Å². The van der Waals surface area contributed by atoms with Crippen LogP contribution in [0.5, 0.6) is 0 Å². The summed E-state index contributed by atoms with van der Waals surface area (Å²) < 4.78 is 1.79. The van der Waals surface area contributed by atoms with Gasteiger partial charge in [0, 0.05) is 32.1 Å². The Morgan fingerprint density at radius 3 is 2.44 bits per heavy atom. The topological polar surface area (TPSA) is 87.1 Å². The van der Waals surface area contributed by atoms with Crippen molar-refractivity contribution in [3.63, 3.8) is 0 Å². The van der Waals surface area contributed by atoms with Gasteiger partial charge in [-0.2, -0.15) is 10.1 Å². The van der Waals surface area contributed by atoms with Crippen LogP contribution in [-0.4, -0.2) is 56.7 Å². The second-order valence-corrected chi connectivity index (χ2v) is 8.13. The van der Waals surface area contributed by atoms with E-state index in [0.717, 1.165) is 25.9 Å². The number of H-pyrrole nitrogens is 1. The van der Waals surface area contributed by atoms with E-state index >= 15 is 0 Å². The molecule has 1 amide bonds. The Kier molecular flexibility index (Phi) is 5.26. The van der Waals surface area contributed by atoms with Gasteiger partial charge in [-0.25, -0.2) is 4.68 Å². The van der Waals surface area contributed by atoms with E-state index in [2.05, 4.69) is 15.0 Å². The lowest BCUT2D eigenvalue weighted by molar-refractivity contribution is -0.135. The molecule has 2 aromatic heterocycles. The average Bonchev–Trinajstić information content (AvgIpc) is 3.08. The molecule has 3 rings (SSSR count). The zero-order chi connectivity index (χ0) is 19.8. The number of piperidine rings is 1. The summed E-state index contributed by atoms with van der Waals surface area (Å²) in [6.07, 6.45) is 3.12. The molecular weight excluding hydrogens is 344 g/mol. The van der Waals surface area contributed by atoms with Crippen LogP contribution in [0.1, 0.15) is 47.5 Å². The van der Waals surface area contributed by atoms with Crippen LogP contribution in [0.3, 0.4) is 0 Å². The molecule has 8 nitrogen and oxygen atoms in total. The molecule has 0 aliphatic carbocycles. The molecular formula is C19H30N6O2. The monoisotopic (exact) mass is 374 g/mol. The molecule has 1 aliphatic rings. The van der Waals surface area contributed by atoms with Crippen molar-refractivity contribution < 1.29 is 4.79 Å². The highest BCUT2D eigenvalue weighted by atomic mass is 16.2. The van der Waals surface area contributed by atoms with Gasteiger partial charge in [-0.15, -0.1) is 0 Å². The third-order valence-corrected chi connectivity index (χ3v) is 5.28. The number of nitrogens with zero attached hydrogens (tertiary/aromatic N) is 5. The molecule has 3 heterocycles. The minimum Gasteiger partial charge on any atom is -0.343 e. The summed E-state index contributed by atoms with van der Waals surface area (Å²) in [6.45, 7) is 13.0. The van der Waals surface area contributed by atoms with Crippen molar-refractivity contribution >= 4 is 22.9 Å². The summed E-state index contributed by atoms with van der Waals surface area (Å²) in [5, 5.41) is 4.85. The number of carbonyl (C=O) groups is 1. The Morgan fingerprint density at radius 2 is 1.89 bits per heavy atom. The number of aromatic amines is 1. The largest absolute Gasteiger partial charge is 0.343 e. The van der Waals surface area contributed by atoms with E-state index in [0.29, 0.717) is 30.1 Å². The molecule has 148 valence electrons. The molecule has 27 heavy (non-hydrogen) atoms. The van der Waals surface area contributed by atoms with Crippen molar-refractivity contribution in [3.05, 3.63) is 16.6 Å². The summed E-state index contributed by atoms with van der Waals surface area (Å²) >= 11 is 0. The fourth-order valence-electron chi connectivity index (χ4n) is 3.68. The first kappa shape index (κ1) is 19.4. The smallest absolute Gasteiger partial charge is 0.263 e. The normalized spacial score (nSPS) is 16.1. The number of hydrogen-bond donors (Lipinski definition) is 1. The first-order valence-electron chi connectivity index (χ1n) is 9.78. The fourth-order valence-corrected chi connectivity index (χ4v) is 3.68. The fraction of sp³-hybridized carbons (Fsp3) is 0.684. The number of fused-ring (bicyclic) bond motifs is 1. The molecule has 8 heteroatoms. The van der Waals surface area contributed by atoms with Crippen LogP contribution in [0.15, 0.2) is 11.0 Å². The zero-order valence-electron chi connectivity index (χ0n) is 16.9. The van der Waals surface area contributed by atoms with Crippen LogP contribution in [0.2, 0.25) is 0 Å². The molecule has 1 aliphatic heterocycles.